The number of alkyl halides is 3. The number of ether oxygens (including phenoxy) is 1. The summed E-state index contributed by atoms with van der Waals surface area (Å²) in [6.45, 7) is 1.06. The molecule has 3 aromatic rings. The van der Waals surface area contributed by atoms with E-state index in [2.05, 4.69) is 36.1 Å². The van der Waals surface area contributed by atoms with Crippen molar-refractivity contribution in [3.63, 3.8) is 0 Å². The van der Waals surface area contributed by atoms with Crippen molar-refractivity contribution in [2.75, 3.05) is 29.2 Å². The minimum atomic E-state index is -4.89. The van der Waals surface area contributed by atoms with Crippen LogP contribution in [0.25, 0.3) is 0 Å². The molecule has 1 aromatic heterocycles. The second-order valence-corrected chi connectivity index (χ2v) is 7.99. The number of benzene rings is 2. The minimum Gasteiger partial charge on any atom is -0.404 e. The SMILES string of the molecule is CNC(=O)CCN1NCc2cc(Nc3ncc(F)c(Nc4ccc(OC(F)(F)F)c(Cl)c4)n3)ccc21. The van der Waals surface area contributed by atoms with Crippen LogP contribution in [0.4, 0.5) is 46.4 Å². The Morgan fingerprint density at radius 2 is 1.94 bits per heavy atom. The third-order valence-electron chi connectivity index (χ3n) is 5.09. The summed E-state index contributed by atoms with van der Waals surface area (Å²) in [6, 6.07) is 8.94. The van der Waals surface area contributed by atoms with Gasteiger partial charge in [0.25, 0.3) is 0 Å². The summed E-state index contributed by atoms with van der Waals surface area (Å²) in [6.07, 6.45) is -3.60. The molecule has 2 aromatic carbocycles. The zero-order valence-corrected chi connectivity index (χ0v) is 19.5. The molecule has 0 radical (unpaired) electrons. The molecule has 4 N–H and O–H groups in total. The highest BCUT2D eigenvalue weighted by Gasteiger charge is 2.32. The Kier molecular flexibility index (Phi) is 7.31. The first kappa shape index (κ1) is 25.3. The van der Waals surface area contributed by atoms with Gasteiger partial charge < -0.3 is 25.7 Å². The molecule has 1 amide bonds. The van der Waals surface area contributed by atoms with E-state index in [9.17, 15) is 22.4 Å². The number of rotatable bonds is 8. The lowest BCUT2D eigenvalue weighted by Crippen LogP contribution is -2.35. The topological polar surface area (TPSA) is 103 Å². The summed E-state index contributed by atoms with van der Waals surface area (Å²) in [5.74, 6) is -1.55. The van der Waals surface area contributed by atoms with Crippen molar-refractivity contribution in [2.24, 2.45) is 0 Å². The monoisotopic (exact) mass is 525 g/mol. The Labute approximate surface area is 207 Å². The molecule has 14 heteroatoms. The Morgan fingerprint density at radius 3 is 2.67 bits per heavy atom. The fraction of sp³-hybridized carbons (Fsp3) is 0.227. The summed E-state index contributed by atoms with van der Waals surface area (Å²) >= 11 is 5.85. The standard InChI is InChI=1S/C22H20ClF4N7O2/c1-28-19(35)6-7-34-17-4-2-13(8-12(17)10-30-34)32-21-29-11-16(24)20(33-21)31-14-3-5-18(15(23)9-14)36-22(25,26)27/h2-5,8-9,11,30H,6-7,10H2,1H3,(H,28,35)(H2,29,31,32,33). The molecule has 0 saturated heterocycles. The highest BCUT2D eigenvalue weighted by atomic mass is 35.5. The predicted octanol–water partition coefficient (Wildman–Crippen LogP) is 4.62. The molecule has 4 rings (SSSR count). The van der Waals surface area contributed by atoms with E-state index in [0.29, 0.717) is 25.2 Å². The van der Waals surface area contributed by atoms with Gasteiger partial charge in [-0.2, -0.15) is 4.98 Å². The van der Waals surface area contributed by atoms with Crippen LogP contribution in [0.3, 0.4) is 0 Å². The second-order valence-electron chi connectivity index (χ2n) is 7.59. The van der Waals surface area contributed by atoms with Gasteiger partial charge in [0.15, 0.2) is 11.6 Å². The Balaban J connectivity index is 1.45. The number of hydrazine groups is 1. The van der Waals surface area contributed by atoms with E-state index in [-0.39, 0.29) is 28.4 Å². The first-order chi connectivity index (χ1) is 17.1. The van der Waals surface area contributed by atoms with Crippen LogP contribution in [0.1, 0.15) is 12.0 Å². The summed E-state index contributed by atoms with van der Waals surface area (Å²) in [5.41, 5.74) is 5.97. The quantitative estimate of drug-likeness (QED) is 0.316. The third kappa shape index (κ3) is 6.23. The Bertz CT molecular complexity index is 1280. The van der Waals surface area contributed by atoms with E-state index in [1.807, 2.05) is 17.1 Å². The van der Waals surface area contributed by atoms with E-state index >= 15 is 0 Å². The van der Waals surface area contributed by atoms with Crippen molar-refractivity contribution in [3.8, 4) is 5.75 Å². The van der Waals surface area contributed by atoms with Crippen LogP contribution >= 0.6 is 11.6 Å². The second kappa shape index (κ2) is 10.4. The lowest BCUT2D eigenvalue weighted by molar-refractivity contribution is -0.274. The average Bonchev–Trinajstić information content (AvgIpc) is 3.23. The number of anilines is 5. The van der Waals surface area contributed by atoms with E-state index in [0.717, 1.165) is 29.6 Å². The summed E-state index contributed by atoms with van der Waals surface area (Å²) < 4.78 is 55.4. The number of carbonyl (C=O) groups is 1. The minimum absolute atomic E-state index is 0.0609. The number of nitrogens with zero attached hydrogens (tertiary/aromatic N) is 3. The number of halogens is 5. The maximum absolute atomic E-state index is 14.3. The third-order valence-corrected chi connectivity index (χ3v) is 5.39. The van der Waals surface area contributed by atoms with E-state index in [1.54, 1.807) is 13.1 Å². The maximum atomic E-state index is 14.3. The molecule has 0 aliphatic carbocycles. The largest absolute Gasteiger partial charge is 0.573 e. The van der Waals surface area contributed by atoms with Gasteiger partial charge in [0.2, 0.25) is 11.9 Å². The molecule has 1 aliphatic rings. The predicted molar refractivity (Wildman–Crippen MR) is 126 cm³/mol. The molecule has 190 valence electrons. The maximum Gasteiger partial charge on any atom is 0.573 e. The average molecular weight is 526 g/mol. The van der Waals surface area contributed by atoms with Crippen molar-refractivity contribution in [1.29, 1.82) is 0 Å². The molecule has 1 aliphatic heterocycles. The molecule has 0 fully saturated rings. The molecule has 0 unspecified atom stereocenters. The number of aromatic nitrogens is 2. The van der Waals surface area contributed by atoms with E-state index < -0.39 is 17.9 Å². The van der Waals surface area contributed by atoms with Crippen molar-refractivity contribution in [2.45, 2.75) is 19.3 Å². The zero-order chi connectivity index (χ0) is 25.9. The van der Waals surface area contributed by atoms with Crippen LogP contribution in [0.5, 0.6) is 5.75 Å². The molecule has 0 bridgehead atoms. The fourth-order valence-electron chi connectivity index (χ4n) is 3.44. The van der Waals surface area contributed by atoms with Gasteiger partial charge in [0.1, 0.15) is 5.75 Å². The van der Waals surface area contributed by atoms with Gasteiger partial charge in [-0.15, -0.1) is 13.2 Å². The number of amides is 1. The van der Waals surface area contributed by atoms with E-state index in [1.165, 1.54) is 6.07 Å². The van der Waals surface area contributed by atoms with Crippen molar-refractivity contribution < 1.29 is 27.1 Å². The van der Waals surface area contributed by atoms with Crippen LogP contribution in [-0.4, -0.2) is 35.8 Å². The van der Waals surface area contributed by atoms with Crippen LogP contribution in [0, 0.1) is 5.82 Å². The normalized spacial score (nSPS) is 12.8. The van der Waals surface area contributed by atoms with Crippen LogP contribution in [0.15, 0.2) is 42.6 Å². The number of carbonyl (C=O) groups excluding carboxylic acids is 1. The highest BCUT2D eigenvalue weighted by Crippen LogP contribution is 2.33. The number of nitrogens with one attached hydrogen (secondary N) is 4. The number of fused-ring (bicyclic) bond motifs is 1. The molecule has 0 spiro atoms. The molecule has 2 heterocycles. The van der Waals surface area contributed by atoms with E-state index in [4.69, 9.17) is 11.6 Å². The highest BCUT2D eigenvalue weighted by molar-refractivity contribution is 6.32. The van der Waals surface area contributed by atoms with Gasteiger partial charge in [0.05, 0.1) is 16.9 Å². The summed E-state index contributed by atoms with van der Waals surface area (Å²) in [4.78, 5) is 19.6. The molecule has 36 heavy (non-hydrogen) atoms. The fourth-order valence-corrected chi connectivity index (χ4v) is 3.66. The molecule has 9 nitrogen and oxygen atoms in total. The van der Waals surface area contributed by atoms with Gasteiger partial charge >= 0.3 is 6.36 Å². The van der Waals surface area contributed by atoms with Gasteiger partial charge in [-0.25, -0.2) is 14.8 Å². The summed E-state index contributed by atoms with van der Waals surface area (Å²) in [7, 11) is 1.59. The Morgan fingerprint density at radius 1 is 1.19 bits per heavy atom. The Hall–Kier alpha value is -3.84. The van der Waals surface area contributed by atoms with Crippen LogP contribution in [0.2, 0.25) is 5.02 Å². The summed E-state index contributed by atoms with van der Waals surface area (Å²) in [5, 5.41) is 9.82. The van der Waals surface area contributed by atoms with Gasteiger partial charge in [0, 0.05) is 37.9 Å². The van der Waals surface area contributed by atoms with Crippen LogP contribution in [-0.2, 0) is 11.3 Å². The molecule has 0 saturated carbocycles. The molecular formula is C22H20ClF4N7O2. The van der Waals surface area contributed by atoms with Crippen molar-refractivity contribution in [3.05, 3.63) is 59.0 Å². The number of hydrogen-bond acceptors (Lipinski definition) is 8. The first-order valence-electron chi connectivity index (χ1n) is 10.6. The first-order valence-corrected chi connectivity index (χ1v) is 11.0. The molecular weight excluding hydrogens is 506 g/mol. The van der Waals surface area contributed by atoms with Gasteiger partial charge in [-0.1, -0.05) is 11.6 Å². The van der Waals surface area contributed by atoms with Gasteiger partial charge in [-0.3, -0.25) is 4.79 Å². The smallest absolute Gasteiger partial charge is 0.404 e. The van der Waals surface area contributed by atoms with Crippen molar-refractivity contribution in [1.82, 2.24) is 20.7 Å². The molecule has 0 atom stereocenters. The van der Waals surface area contributed by atoms with Crippen molar-refractivity contribution >= 4 is 46.3 Å². The number of hydrogen-bond donors (Lipinski definition) is 4. The van der Waals surface area contributed by atoms with Gasteiger partial charge in [-0.05, 0) is 42.0 Å². The zero-order valence-electron chi connectivity index (χ0n) is 18.7. The van der Waals surface area contributed by atoms with Crippen LogP contribution < -0.4 is 31.1 Å². The lowest BCUT2D eigenvalue weighted by atomic mass is 10.1. The lowest BCUT2D eigenvalue weighted by Gasteiger charge is -2.19.